The van der Waals surface area contributed by atoms with E-state index in [1.54, 1.807) is 0 Å². The van der Waals surface area contributed by atoms with Crippen molar-refractivity contribution < 1.29 is 4.74 Å². The molecule has 2 aliphatic heterocycles. The fourth-order valence-electron chi connectivity index (χ4n) is 3.38. The largest absolute Gasteiger partial charge is 0.381 e. The van der Waals surface area contributed by atoms with Crippen molar-refractivity contribution in [2.24, 2.45) is 5.92 Å². The van der Waals surface area contributed by atoms with Crippen LogP contribution in [-0.2, 0) is 4.74 Å². The highest BCUT2D eigenvalue weighted by Gasteiger charge is 2.35. The second-order valence-electron chi connectivity index (χ2n) is 5.96. The summed E-state index contributed by atoms with van der Waals surface area (Å²) in [6.45, 7) is 5.80. The third-order valence-electron chi connectivity index (χ3n) is 4.60. The highest BCUT2D eigenvalue weighted by Crippen LogP contribution is 2.33. The fourth-order valence-corrected chi connectivity index (χ4v) is 3.38. The van der Waals surface area contributed by atoms with Gasteiger partial charge in [-0.25, -0.2) is 0 Å². The maximum absolute atomic E-state index is 5.50. The Bertz CT molecular complexity index is 230. The average molecular weight is 238 g/mol. The van der Waals surface area contributed by atoms with Gasteiger partial charge in [0.2, 0.25) is 0 Å². The molecule has 0 atom stereocenters. The molecule has 2 saturated heterocycles. The summed E-state index contributed by atoms with van der Waals surface area (Å²) < 4.78 is 5.50. The zero-order valence-electron chi connectivity index (χ0n) is 10.9. The summed E-state index contributed by atoms with van der Waals surface area (Å²) in [6.07, 6.45) is 8.19. The normalized spacial score (nSPS) is 28.8. The van der Waals surface area contributed by atoms with Gasteiger partial charge in [-0.3, -0.25) is 4.90 Å². The van der Waals surface area contributed by atoms with Crippen molar-refractivity contribution in [2.45, 2.75) is 50.6 Å². The van der Waals surface area contributed by atoms with Gasteiger partial charge in [0, 0.05) is 31.8 Å². The number of hydrogen-bond donors (Lipinski definition) is 1. The molecule has 0 amide bonds. The first-order chi connectivity index (χ1) is 8.43. The van der Waals surface area contributed by atoms with Crippen LogP contribution in [0.2, 0.25) is 0 Å². The number of rotatable bonds is 4. The Labute approximate surface area is 105 Å². The van der Waals surface area contributed by atoms with Crippen LogP contribution in [0.25, 0.3) is 0 Å². The lowest BCUT2D eigenvalue weighted by molar-refractivity contribution is 0.0228. The lowest BCUT2D eigenvalue weighted by Crippen LogP contribution is -2.45. The molecule has 3 fully saturated rings. The van der Waals surface area contributed by atoms with Crippen LogP contribution in [0, 0.1) is 5.92 Å². The average Bonchev–Trinajstić information content (AvgIpc) is 3.23. The molecule has 0 radical (unpaired) electrons. The Balaban J connectivity index is 1.55. The van der Waals surface area contributed by atoms with E-state index in [1.807, 2.05) is 0 Å². The summed E-state index contributed by atoms with van der Waals surface area (Å²) in [7, 11) is 0. The Morgan fingerprint density at radius 1 is 0.882 bits per heavy atom. The van der Waals surface area contributed by atoms with Gasteiger partial charge in [-0.2, -0.15) is 0 Å². The standard InChI is InChI=1S/C14H26N2O/c1-2-13(1)16(14-5-9-17-10-6-14)11-12-3-7-15-8-4-12/h12-15H,1-11H2. The van der Waals surface area contributed by atoms with Crippen LogP contribution in [0.5, 0.6) is 0 Å². The monoisotopic (exact) mass is 238 g/mol. The molecule has 3 nitrogen and oxygen atoms in total. The molecule has 3 rings (SSSR count). The molecule has 0 aromatic carbocycles. The Hall–Kier alpha value is -0.120. The highest BCUT2D eigenvalue weighted by molar-refractivity contribution is 4.91. The predicted molar refractivity (Wildman–Crippen MR) is 69.2 cm³/mol. The van der Waals surface area contributed by atoms with E-state index in [0.717, 1.165) is 31.2 Å². The highest BCUT2D eigenvalue weighted by atomic mass is 16.5. The van der Waals surface area contributed by atoms with E-state index in [9.17, 15) is 0 Å². The van der Waals surface area contributed by atoms with Gasteiger partial charge in [0.15, 0.2) is 0 Å². The molecular weight excluding hydrogens is 212 g/mol. The van der Waals surface area contributed by atoms with Crippen molar-refractivity contribution in [1.29, 1.82) is 0 Å². The summed E-state index contributed by atoms with van der Waals surface area (Å²) in [4.78, 5) is 2.85. The number of ether oxygens (including phenoxy) is 1. The van der Waals surface area contributed by atoms with E-state index in [1.165, 1.54) is 58.2 Å². The second-order valence-corrected chi connectivity index (χ2v) is 5.96. The minimum atomic E-state index is 0.825. The molecule has 98 valence electrons. The molecular formula is C14H26N2O. The molecule has 3 heteroatoms. The second kappa shape index (κ2) is 5.68. The Morgan fingerprint density at radius 2 is 1.53 bits per heavy atom. The first-order valence-electron chi connectivity index (χ1n) is 7.47. The molecule has 0 bridgehead atoms. The molecule has 1 N–H and O–H groups in total. The van der Waals surface area contributed by atoms with Crippen LogP contribution in [-0.4, -0.2) is 49.8 Å². The third kappa shape index (κ3) is 3.21. The molecule has 0 spiro atoms. The zero-order chi connectivity index (χ0) is 11.5. The van der Waals surface area contributed by atoms with Gasteiger partial charge in [-0.05, 0) is 57.5 Å². The number of nitrogens with one attached hydrogen (secondary N) is 1. The first kappa shape index (κ1) is 11.9. The van der Waals surface area contributed by atoms with Crippen LogP contribution >= 0.6 is 0 Å². The van der Waals surface area contributed by atoms with E-state index in [4.69, 9.17) is 4.74 Å². The number of piperidine rings is 1. The van der Waals surface area contributed by atoms with Crippen LogP contribution in [0.15, 0.2) is 0 Å². The summed E-state index contributed by atoms with van der Waals surface area (Å²) in [5.41, 5.74) is 0. The van der Waals surface area contributed by atoms with Crippen molar-refractivity contribution in [3.05, 3.63) is 0 Å². The van der Waals surface area contributed by atoms with Crippen molar-refractivity contribution in [3.8, 4) is 0 Å². The topological polar surface area (TPSA) is 24.5 Å². The van der Waals surface area contributed by atoms with Crippen LogP contribution in [0.3, 0.4) is 0 Å². The Morgan fingerprint density at radius 3 is 2.18 bits per heavy atom. The van der Waals surface area contributed by atoms with E-state index >= 15 is 0 Å². The maximum Gasteiger partial charge on any atom is 0.0480 e. The van der Waals surface area contributed by atoms with E-state index in [0.29, 0.717) is 0 Å². The SMILES string of the molecule is C1CC(CN(C2CCOCC2)C2CC2)CCN1. The van der Waals surface area contributed by atoms with Crippen molar-refractivity contribution in [2.75, 3.05) is 32.8 Å². The smallest absolute Gasteiger partial charge is 0.0480 e. The summed E-state index contributed by atoms with van der Waals surface area (Å²) in [5, 5.41) is 3.47. The van der Waals surface area contributed by atoms with E-state index in [2.05, 4.69) is 10.2 Å². The molecule has 1 aliphatic carbocycles. The van der Waals surface area contributed by atoms with Crippen LogP contribution in [0.4, 0.5) is 0 Å². The van der Waals surface area contributed by atoms with Crippen molar-refractivity contribution in [1.82, 2.24) is 10.2 Å². The fraction of sp³-hybridized carbons (Fsp3) is 1.00. The first-order valence-corrected chi connectivity index (χ1v) is 7.47. The van der Waals surface area contributed by atoms with Crippen LogP contribution in [0.1, 0.15) is 38.5 Å². The van der Waals surface area contributed by atoms with Gasteiger partial charge < -0.3 is 10.1 Å². The molecule has 0 aromatic rings. The molecule has 3 aliphatic rings. The van der Waals surface area contributed by atoms with Gasteiger partial charge in [-0.15, -0.1) is 0 Å². The summed E-state index contributed by atoms with van der Waals surface area (Å²) >= 11 is 0. The number of hydrogen-bond acceptors (Lipinski definition) is 3. The lowest BCUT2D eigenvalue weighted by atomic mass is 9.95. The molecule has 0 aromatic heterocycles. The minimum absolute atomic E-state index is 0.825. The molecule has 2 heterocycles. The number of nitrogens with zero attached hydrogens (tertiary/aromatic N) is 1. The zero-order valence-corrected chi connectivity index (χ0v) is 10.9. The maximum atomic E-state index is 5.50. The van der Waals surface area contributed by atoms with Crippen molar-refractivity contribution in [3.63, 3.8) is 0 Å². The third-order valence-corrected chi connectivity index (χ3v) is 4.60. The summed E-state index contributed by atoms with van der Waals surface area (Å²) in [6, 6.07) is 1.75. The van der Waals surface area contributed by atoms with E-state index < -0.39 is 0 Å². The van der Waals surface area contributed by atoms with E-state index in [-0.39, 0.29) is 0 Å². The van der Waals surface area contributed by atoms with Gasteiger partial charge in [0.25, 0.3) is 0 Å². The van der Waals surface area contributed by atoms with Gasteiger partial charge >= 0.3 is 0 Å². The molecule has 1 saturated carbocycles. The predicted octanol–water partition coefficient (Wildman–Crippen LogP) is 1.63. The lowest BCUT2D eigenvalue weighted by Gasteiger charge is -2.37. The molecule has 0 unspecified atom stereocenters. The van der Waals surface area contributed by atoms with Gasteiger partial charge in [0.1, 0.15) is 0 Å². The summed E-state index contributed by atoms with van der Waals surface area (Å²) in [5.74, 6) is 0.944. The van der Waals surface area contributed by atoms with Crippen molar-refractivity contribution >= 4 is 0 Å². The van der Waals surface area contributed by atoms with Gasteiger partial charge in [-0.1, -0.05) is 0 Å². The minimum Gasteiger partial charge on any atom is -0.381 e. The Kier molecular flexibility index (Phi) is 3.99. The van der Waals surface area contributed by atoms with Gasteiger partial charge in [0.05, 0.1) is 0 Å². The van der Waals surface area contributed by atoms with Crippen LogP contribution < -0.4 is 5.32 Å². The quantitative estimate of drug-likeness (QED) is 0.805. The molecule has 17 heavy (non-hydrogen) atoms.